The smallest absolute Gasteiger partial charge is 0.0516 e. The van der Waals surface area contributed by atoms with E-state index in [4.69, 9.17) is 5.84 Å². The van der Waals surface area contributed by atoms with Crippen molar-refractivity contribution in [3.05, 3.63) is 29.3 Å². The van der Waals surface area contributed by atoms with E-state index in [1.165, 1.54) is 11.1 Å². The predicted octanol–water partition coefficient (Wildman–Crippen LogP) is -1.41. The molecular formula is C8H12ClN2-. The van der Waals surface area contributed by atoms with Gasteiger partial charge in [-0.15, -0.1) is 0 Å². The maximum atomic E-state index is 5.27. The standard InChI is InChI=1S/C8H12N2.ClH/c1-6-3-4-7(2)8(5-6)10-9;/h3-5,10H,9H2,1-2H3;1H/p-1. The fraction of sp³-hybridized carbons (Fsp3) is 0.250. The van der Waals surface area contributed by atoms with Crippen molar-refractivity contribution in [2.75, 3.05) is 5.43 Å². The highest BCUT2D eigenvalue weighted by atomic mass is 35.5. The zero-order valence-electron chi connectivity index (χ0n) is 6.69. The van der Waals surface area contributed by atoms with E-state index in [2.05, 4.69) is 11.5 Å². The molecule has 1 rings (SSSR count). The number of hydrogen-bond donors (Lipinski definition) is 2. The maximum Gasteiger partial charge on any atom is 0.0516 e. The largest absolute Gasteiger partial charge is 1.00 e. The number of hydrogen-bond acceptors (Lipinski definition) is 2. The normalized spacial score (nSPS) is 8.64. The fourth-order valence-electron chi connectivity index (χ4n) is 0.891. The predicted molar refractivity (Wildman–Crippen MR) is 43.7 cm³/mol. The van der Waals surface area contributed by atoms with E-state index >= 15 is 0 Å². The van der Waals surface area contributed by atoms with Crippen LogP contribution < -0.4 is 23.7 Å². The Bertz CT molecular complexity index is 236. The summed E-state index contributed by atoms with van der Waals surface area (Å²) in [7, 11) is 0. The zero-order chi connectivity index (χ0) is 7.56. The van der Waals surface area contributed by atoms with Gasteiger partial charge in [-0.3, -0.25) is 5.84 Å². The van der Waals surface area contributed by atoms with Crippen molar-refractivity contribution in [1.82, 2.24) is 0 Å². The third-order valence-electron chi connectivity index (χ3n) is 1.55. The Labute approximate surface area is 73.2 Å². The first-order chi connectivity index (χ1) is 4.74. The third kappa shape index (κ3) is 2.41. The Morgan fingerprint density at radius 3 is 2.36 bits per heavy atom. The fourth-order valence-corrected chi connectivity index (χ4v) is 0.891. The van der Waals surface area contributed by atoms with Gasteiger partial charge in [-0.1, -0.05) is 12.1 Å². The summed E-state index contributed by atoms with van der Waals surface area (Å²) in [5, 5.41) is 0. The Morgan fingerprint density at radius 1 is 1.27 bits per heavy atom. The van der Waals surface area contributed by atoms with Gasteiger partial charge in [0.15, 0.2) is 0 Å². The van der Waals surface area contributed by atoms with Crippen LogP contribution in [-0.4, -0.2) is 0 Å². The maximum absolute atomic E-state index is 5.27. The van der Waals surface area contributed by atoms with Gasteiger partial charge in [0.2, 0.25) is 0 Å². The van der Waals surface area contributed by atoms with E-state index in [1.807, 2.05) is 26.0 Å². The summed E-state index contributed by atoms with van der Waals surface area (Å²) in [4.78, 5) is 0. The average Bonchev–Trinajstić information content (AvgIpc) is 1.94. The van der Waals surface area contributed by atoms with E-state index in [0.29, 0.717) is 0 Å². The molecule has 1 aromatic rings. The van der Waals surface area contributed by atoms with Gasteiger partial charge in [0.05, 0.1) is 5.69 Å². The Balaban J connectivity index is 0.000001000. The van der Waals surface area contributed by atoms with E-state index in [-0.39, 0.29) is 12.4 Å². The molecule has 0 aliphatic heterocycles. The van der Waals surface area contributed by atoms with Gasteiger partial charge < -0.3 is 17.8 Å². The highest BCUT2D eigenvalue weighted by molar-refractivity contribution is 5.51. The summed E-state index contributed by atoms with van der Waals surface area (Å²) in [6, 6.07) is 6.13. The number of benzene rings is 1. The van der Waals surface area contributed by atoms with Gasteiger partial charge in [0.1, 0.15) is 0 Å². The Morgan fingerprint density at radius 2 is 1.91 bits per heavy atom. The molecule has 0 spiro atoms. The molecule has 0 saturated heterocycles. The summed E-state index contributed by atoms with van der Waals surface area (Å²) in [5.74, 6) is 5.27. The molecule has 62 valence electrons. The lowest BCUT2D eigenvalue weighted by atomic mass is 10.1. The molecule has 3 N–H and O–H groups in total. The van der Waals surface area contributed by atoms with Gasteiger partial charge in [-0.05, 0) is 31.0 Å². The van der Waals surface area contributed by atoms with Crippen LogP contribution in [0.4, 0.5) is 5.69 Å². The number of nitrogens with two attached hydrogens (primary N) is 1. The van der Waals surface area contributed by atoms with Crippen LogP contribution in [0.1, 0.15) is 11.1 Å². The summed E-state index contributed by atoms with van der Waals surface area (Å²) in [5.41, 5.74) is 6.03. The van der Waals surface area contributed by atoms with E-state index in [9.17, 15) is 0 Å². The monoisotopic (exact) mass is 171 g/mol. The first-order valence-corrected chi connectivity index (χ1v) is 3.28. The summed E-state index contributed by atoms with van der Waals surface area (Å²) >= 11 is 0. The molecule has 1 aromatic carbocycles. The topological polar surface area (TPSA) is 38.0 Å². The molecule has 2 nitrogen and oxygen atoms in total. The van der Waals surface area contributed by atoms with Crippen LogP contribution >= 0.6 is 0 Å². The first-order valence-electron chi connectivity index (χ1n) is 3.28. The molecule has 0 atom stereocenters. The van der Waals surface area contributed by atoms with Crippen LogP contribution in [0.15, 0.2) is 18.2 Å². The second-order valence-corrected chi connectivity index (χ2v) is 2.46. The van der Waals surface area contributed by atoms with E-state index in [1.54, 1.807) is 0 Å². The molecule has 0 fully saturated rings. The quantitative estimate of drug-likeness (QED) is 0.403. The molecule has 0 aliphatic rings. The van der Waals surface area contributed by atoms with E-state index in [0.717, 1.165) is 5.69 Å². The highest BCUT2D eigenvalue weighted by Gasteiger charge is 1.93. The van der Waals surface area contributed by atoms with E-state index < -0.39 is 0 Å². The Hall–Kier alpha value is -0.730. The lowest BCUT2D eigenvalue weighted by Crippen LogP contribution is -3.00. The van der Waals surface area contributed by atoms with Crippen molar-refractivity contribution >= 4 is 5.69 Å². The number of nitrogen functional groups attached to an aromatic ring is 1. The first kappa shape index (κ1) is 10.3. The molecule has 0 heterocycles. The van der Waals surface area contributed by atoms with Gasteiger partial charge in [0.25, 0.3) is 0 Å². The molecule has 11 heavy (non-hydrogen) atoms. The molecular weight excluding hydrogens is 160 g/mol. The molecule has 0 amide bonds. The molecule has 0 saturated carbocycles. The van der Waals surface area contributed by atoms with Gasteiger partial charge in [-0.25, -0.2) is 0 Å². The number of aryl methyl sites for hydroxylation is 2. The van der Waals surface area contributed by atoms with Crippen LogP contribution in [0.3, 0.4) is 0 Å². The molecule has 0 aliphatic carbocycles. The van der Waals surface area contributed by atoms with Crippen molar-refractivity contribution in [2.24, 2.45) is 5.84 Å². The van der Waals surface area contributed by atoms with Crippen molar-refractivity contribution in [3.8, 4) is 0 Å². The SMILES string of the molecule is Cc1ccc(C)c(NN)c1.[Cl-]. The van der Waals surface area contributed by atoms with Crippen LogP contribution in [0.2, 0.25) is 0 Å². The second-order valence-electron chi connectivity index (χ2n) is 2.46. The van der Waals surface area contributed by atoms with Crippen LogP contribution in [0.5, 0.6) is 0 Å². The third-order valence-corrected chi connectivity index (χ3v) is 1.55. The number of halogens is 1. The van der Waals surface area contributed by atoms with Crippen LogP contribution in [0, 0.1) is 13.8 Å². The highest BCUT2D eigenvalue weighted by Crippen LogP contribution is 2.14. The molecule has 0 radical (unpaired) electrons. The number of hydrazine groups is 1. The van der Waals surface area contributed by atoms with Crippen molar-refractivity contribution < 1.29 is 12.4 Å². The van der Waals surface area contributed by atoms with Gasteiger partial charge in [-0.2, -0.15) is 0 Å². The Kier molecular flexibility index (Phi) is 3.93. The molecule has 0 aromatic heterocycles. The summed E-state index contributed by atoms with van der Waals surface area (Å²) in [6.45, 7) is 4.06. The molecule has 0 unspecified atom stereocenters. The molecule has 3 heteroatoms. The summed E-state index contributed by atoms with van der Waals surface area (Å²) in [6.07, 6.45) is 0. The number of anilines is 1. The van der Waals surface area contributed by atoms with Gasteiger partial charge in [0, 0.05) is 0 Å². The minimum absolute atomic E-state index is 0. The van der Waals surface area contributed by atoms with Crippen molar-refractivity contribution in [1.29, 1.82) is 0 Å². The minimum atomic E-state index is 0. The molecule has 0 bridgehead atoms. The average molecular weight is 172 g/mol. The lowest BCUT2D eigenvalue weighted by Gasteiger charge is -2.04. The second kappa shape index (κ2) is 4.21. The zero-order valence-corrected chi connectivity index (χ0v) is 7.44. The summed E-state index contributed by atoms with van der Waals surface area (Å²) < 4.78 is 0. The number of rotatable bonds is 1. The van der Waals surface area contributed by atoms with Crippen molar-refractivity contribution in [2.45, 2.75) is 13.8 Å². The van der Waals surface area contributed by atoms with Gasteiger partial charge >= 0.3 is 0 Å². The minimum Gasteiger partial charge on any atom is -1.00 e. The number of nitrogens with one attached hydrogen (secondary N) is 1. The van der Waals surface area contributed by atoms with Crippen LogP contribution in [-0.2, 0) is 0 Å². The lowest BCUT2D eigenvalue weighted by molar-refractivity contribution is -0.00000227. The van der Waals surface area contributed by atoms with Crippen molar-refractivity contribution in [3.63, 3.8) is 0 Å². The van der Waals surface area contributed by atoms with Crippen LogP contribution in [0.25, 0.3) is 0 Å².